The van der Waals surface area contributed by atoms with Crippen molar-refractivity contribution in [2.24, 2.45) is 0 Å². The molecule has 2 nitrogen and oxygen atoms in total. The largest absolute Gasteiger partial charge is 0.344 e. The second kappa shape index (κ2) is 4.88. The Bertz CT molecular complexity index is 382. The summed E-state index contributed by atoms with van der Waals surface area (Å²) >= 11 is 9.97. The zero-order valence-electron chi connectivity index (χ0n) is 9.95. The highest BCUT2D eigenvalue weighted by atomic mass is 79.9. The third-order valence-corrected chi connectivity index (χ3v) is 4.14. The quantitative estimate of drug-likeness (QED) is 0.787. The van der Waals surface area contributed by atoms with E-state index in [1.165, 1.54) is 0 Å². The first-order valence-corrected chi connectivity index (χ1v) is 7.14. The maximum absolute atomic E-state index is 6.52. The summed E-state index contributed by atoms with van der Waals surface area (Å²) in [6, 6.07) is 9.87. The lowest BCUT2D eigenvalue weighted by molar-refractivity contribution is -0.165. The van der Waals surface area contributed by atoms with Crippen molar-refractivity contribution in [3.05, 3.63) is 35.9 Å². The van der Waals surface area contributed by atoms with Gasteiger partial charge in [0, 0.05) is 0 Å². The van der Waals surface area contributed by atoms with E-state index >= 15 is 0 Å². The van der Waals surface area contributed by atoms with Crippen molar-refractivity contribution in [2.75, 3.05) is 11.9 Å². The summed E-state index contributed by atoms with van der Waals surface area (Å²) in [6.07, 6.45) is 0. The van der Waals surface area contributed by atoms with Crippen LogP contribution in [0.25, 0.3) is 0 Å². The van der Waals surface area contributed by atoms with E-state index in [0.717, 1.165) is 5.56 Å². The summed E-state index contributed by atoms with van der Waals surface area (Å²) in [4.78, 5) is 0. The average Bonchev–Trinajstić information content (AvgIpc) is 2.66. The van der Waals surface area contributed by atoms with Gasteiger partial charge in [-0.2, -0.15) is 0 Å². The number of halogens is 2. The van der Waals surface area contributed by atoms with E-state index < -0.39 is 5.79 Å². The second-order valence-electron chi connectivity index (χ2n) is 4.87. The van der Waals surface area contributed by atoms with Gasteiger partial charge in [-0.1, -0.05) is 46.3 Å². The van der Waals surface area contributed by atoms with Crippen molar-refractivity contribution in [3.63, 3.8) is 0 Å². The van der Waals surface area contributed by atoms with Crippen LogP contribution in [0, 0.1) is 0 Å². The first-order chi connectivity index (χ1) is 7.99. The highest BCUT2D eigenvalue weighted by molar-refractivity contribution is 9.09. The molecule has 0 spiro atoms. The normalized spacial score (nSPS) is 29.2. The fourth-order valence-corrected chi connectivity index (χ4v) is 3.07. The molecule has 1 heterocycles. The Morgan fingerprint density at radius 3 is 2.47 bits per heavy atom. The lowest BCUT2D eigenvalue weighted by Crippen LogP contribution is -2.39. The van der Waals surface area contributed by atoms with Crippen LogP contribution in [-0.2, 0) is 9.47 Å². The molecule has 1 aliphatic rings. The smallest absolute Gasteiger partial charge is 0.199 e. The topological polar surface area (TPSA) is 18.5 Å². The molecule has 1 saturated heterocycles. The number of alkyl halides is 2. The number of rotatable bonds is 3. The fourth-order valence-electron chi connectivity index (χ4n) is 1.96. The first-order valence-electron chi connectivity index (χ1n) is 5.58. The van der Waals surface area contributed by atoms with E-state index in [4.69, 9.17) is 21.1 Å². The maximum atomic E-state index is 6.52. The van der Waals surface area contributed by atoms with Gasteiger partial charge in [-0.25, -0.2) is 0 Å². The molecule has 0 aliphatic carbocycles. The molecule has 0 bridgehead atoms. The molecule has 2 unspecified atom stereocenters. The number of hydrogen-bond donors (Lipinski definition) is 0. The molecule has 1 aromatic rings. The maximum Gasteiger partial charge on any atom is 0.199 e. The number of benzene rings is 1. The van der Waals surface area contributed by atoms with Crippen LogP contribution in [0.2, 0.25) is 0 Å². The summed E-state index contributed by atoms with van der Waals surface area (Å²) in [7, 11) is 0. The Morgan fingerprint density at radius 2 is 2.00 bits per heavy atom. The van der Waals surface area contributed by atoms with Crippen LogP contribution in [-0.4, -0.2) is 23.3 Å². The molecule has 1 aliphatic heterocycles. The van der Waals surface area contributed by atoms with Crippen LogP contribution >= 0.6 is 27.5 Å². The van der Waals surface area contributed by atoms with E-state index in [0.29, 0.717) is 11.9 Å². The minimum Gasteiger partial charge on any atom is -0.344 e. The molecule has 2 rings (SSSR count). The van der Waals surface area contributed by atoms with Gasteiger partial charge in [0.25, 0.3) is 0 Å². The monoisotopic (exact) mass is 318 g/mol. The third-order valence-electron chi connectivity index (χ3n) is 2.78. The van der Waals surface area contributed by atoms with Crippen LogP contribution in [0.15, 0.2) is 30.3 Å². The average molecular weight is 320 g/mol. The second-order valence-corrected chi connectivity index (χ2v) is 5.87. The summed E-state index contributed by atoms with van der Waals surface area (Å²) < 4.78 is 11.8. The highest BCUT2D eigenvalue weighted by Crippen LogP contribution is 2.44. The van der Waals surface area contributed by atoms with Crippen molar-refractivity contribution < 1.29 is 9.47 Å². The summed E-state index contributed by atoms with van der Waals surface area (Å²) in [5.41, 5.74) is 0.710. The Morgan fingerprint density at radius 1 is 1.35 bits per heavy atom. The van der Waals surface area contributed by atoms with E-state index in [1.54, 1.807) is 0 Å². The third kappa shape index (κ3) is 2.68. The van der Waals surface area contributed by atoms with Crippen LogP contribution < -0.4 is 0 Å². The number of hydrogen-bond acceptors (Lipinski definition) is 2. The van der Waals surface area contributed by atoms with Crippen molar-refractivity contribution >= 4 is 27.5 Å². The standard InChI is InChI=1S/C13H16BrClO2/c1-12(2)9-16-13(8-14,17-12)11(15)10-6-4-3-5-7-10/h3-7,11H,8-9H2,1-2H3. The molecule has 0 amide bonds. The van der Waals surface area contributed by atoms with E-state index in [1.807, 2.05) is 44.2 Å². The van der Waals surface area contributed by atoms with Gasteiger partial charge < -0.3 is 9.47 Å². The summed E-state index contributed by atoms with van der Waals surface area (Å²) in [5, 5.41) is 0.219. The molecular formula is C13H16BrClO2. The van der Waals surface area contributed by atoms with Crippen LogP contribution in [0.4, 0.5) is 0 Å². The Labute approximate surface area is 115 Å². The van der Waals surface area contributed by atoms with Gasteiger partial charge in [-0.15, -0.1) is 11.6 Å². The molecule has 0 N–H and O–H groups in total. The molecular weight excluding hydrogens is 303 g/mol. The highest BCUT2D eigenvalue weighted by Gasteiger charge is 2.50. The van der Waals surface area contributed by atoms with E-state index in [9.17, 15) is 0 Å². The molecule has 1 fully saturated rings. The van der Waals surface area contributed by atoms with Crippen molar-refractivity contribution in [3.8, 4) is 0 Å². The van der Waals surface area contributed by atoms with Crippen LogP contribution in [0.3, 0.4) is 0 Å². The molecule has 2 atom stereocenters. The lowest BCUT2D eigenvalue weighted by Gasteiger charge is -2.32. The van der Waals surface area contributed by atoms with Gasteiger partial charge in [-0.05, 0) is 19.4 Å². The molecule has 1 aromatic carbocycles. The van der Waals surface area contributed by atoms with Crippen molar-refractivity contribution in [1.82, 2.24) is 0 Å². The van der Waals surface area contributed by atoms with Gasteiger partial charge in [-0.3, -0.25) is 0 Å². The van der Waals surface area contributed by atoms with Crippen LogP contribution in [0.5, 0.6) is 0 Å². The summed E-state index contributed by atoms with van der Waals surface area (Å²) in [6.45, 7) is 4.56. The SMILES string of the molecule is CC1(C)COC(CBr)(C(Cl)c2ccccc2)O1. The van der Waals surface area contributed by atoms with Gasteiger partial charge >= 0.3 is 0 Å². The van der Waals surface area contributed by atoms with Gasteiger partial charge in [0.05, 0.1) is 17.5 Å². The predicted molar refractivity (Wildman–Crippen MR) is 72.7 cm³/mol. The van der Waals surface area contributed by atoms with Gasteiger partial charge in [0.15, 0.2) is 5.79 Å². The molecule has 4 heteroatoms. The zero-order valence-corrected chi connectivity index (χ0v) is 12.3. The fraction of sp³-hybridized carbons (Fsp3) is 0.538. The molecule has 94 valence electrons. The van der Waals surface area contributed by atoms with E-state index in [-0.39, 0.29) is 11.0 Å². The zero-order chi connectivity index (χ0) is 12.5. The number of ether oxygens (including phenoxy) is 2. The Balaban J connectivity index is 2.25. The predicted octanol–water partition coefficient (Wildman–Crippen LogP) is 3.88. The molecule has 17 heavy (non-hydrogen) atoms. The van der Waals surface area contributed by atoms with Crippen molar-refractivity contribution in [1.29, 1.82) is 0 Å². The first kappa shape index (κ1) is 13.3. The van der Waals surface area contributed by atoms with Gasteiger partial charge in [0.2, 0.25) is 0 Å². The minimum atomic E-state index is -0.785. The molecule has 0 radical (unpaired) electrons. The molecule has 0 aromatic heterocycles. The summed E-state index contributed by atoms with van der Waals surface area (Å²) in [5.74, 6) is -0.785. The lowest BCUT2D eigenvalue weighted by atomic mass is 10.1. The van der Waals surface area contributed by atoms with Crippen LogP contribution in [0.1, 0.15) is 24.8 Å². The van der Waals surface area contributed by atoms with Gasteiger partial charge in [0.1, 0.15) is 5.38 Å². The van der Waals surface area contributed by atoms with E-state index in [2.05, 4.69) is 15.9 Å². The Hall–Kier alpha value is -0.0900. The van der Waals surface area contributed by atoms with Crippen molar-refractivity contribution in [2.45, 2.75) is 30.6 Å². The Kier molecular flexibility index (Phi) is 3.83. The molecule has 0 saturated carbocycles. The minimum absolute atomic E-state index is 0.296.